The molecule has 1 unspecified atom stereocenters. The minimum atomic E-state index is 0.0911. The number of para-hydroxylation sites is 1. The third kappa shape index (κ3) is 5.15. The van der Waals surface area contributed by atoms with E-state index in [9.17, 15) is 4.79 Å². The molecule has 1 saturated heterocycles. The van der Waals surface area contributed by atoms with Crippen LogP contribution in [0.4, 0.5) is 0 Å². The fourth-order valence-electron chi connectivity index (χ4n) is 4.56. The summed E-state index contributed by atoms with van der Waals surface area (Å²) in [5.74, 6) is 0.594. The van der Waals surface area contributed by atoms with Gasteiger partial charge in [-0.3, -0.25) is 4.79 Å². The van der Waals surface area contributed by atoms with E-state index >= 15 is 0 Å². The third-order valence-electron chi connectivity index (χ3n) is 6.31. The molecular weight excluding hydrogens is 384 g/mol. The summed E-state index contributed by atoms with van der Waals surface area (Å²) in [5, 5.41) is 10.0. The van der Waals surface area contributed by atoms with Gasteiger partial charge in [0.15, 0.2) is 0 Å². The number of hydrogen-bond donors (Lipinski definition) is 1. The van der Waals surface area contributed by atoms with E-state index in [0.29, 0.717) is 17.2 Å². The van der Waals surface area contributed by atoms with Crippen molar-refractivity contribution in [3.63, 3.8) is 0 Å². The van der Waals surface area contributed by atoms with Gasteiger partial charge >= 0.3 is 0 Å². The average molecular weight is 415 g/mol. The van der Waals surface area contributed by atoms with E-state index < -0.39 is 0 Å². The molecule has 160 valence electrons. The van der Waals surface area contributed by atoms with Crippen LogP contribution in [0.5, 0.6) is 0 Å². The number of fused-ring (bicyclic) bond motifs is 1. The number of nitriles is 1. The summed E-state index contributed by atoms with van der Waals surface area (Å²) in [5.41, 5.74) is 3.66. The summed E-state index contributed by atoms with van der Waals surface area (Å²) in [6.45, 7) is 6.76. The van der Waals surface area contributed by atoms with Gasteiger partial charge in [-0.1, -0.05) is 30.3 Å². The highest BCUT2D eigenvalue weighted by Crippen LogP contribution is 2.21. The zero-order chi connectivity index (χ0) is 21.6. The van der Waals surface area contributed by atoms with Crippen LogP contribution >= 0.6 is 0 Å². The molecule has 0 aliphatic carbocycles. The molecule has 0 bridgehead atoms. The fourth-order valence-corrected chi connectivity index (χ4v) is 4.56. The Hall–Kier alpha value is -3.10. The van der Waals surface area contributed by atoms with Crippen molar-refractivity contribution in [1.29, 1.82) is 5.26 Å². The van der Waals surface area contributed by atoms with E-state index in [4.69, 9.17) is 5.26 Å². The largest absolute Gasteiger partial charge is 0.351 e. The monoisotopic (exact) mass is 414 g/mol. The maximum atomic E-state index is 13.1. The van der Waals surface area contributed by atoms with Crippen molar-refractivity contribution in [1.82, 2.24) is 14.8 Å². The molecule has 2 heterocycles. The molecule has 2 aromatic carbocycles. The van der Waals surface area contributed by atoms with Crippen molar-refractivity contribution in [3.05, 3.63) is 71.4 Å². The number of amides is 1. The highest BCUT2D eigenvalue weighted by Gasteiger charge is 2.25. The van der Waals surface area contributed by atoms with Gasteiger partial charge in [-0.05, 0) is 68.5 Å². The topological polar surface area (TPSA) is 63.1 Å². The number of likely N-dealkylation sites (tertiary alicyclic amines) is 1. The second-order valence-electron chi connectivity index (χ2n) is 8.48. The van der Waals surface area contributed by atoms with Crippen molar-refractivity contribution in [3.8, 4) is 6.07 Å². The summed E-state index contributed by atoms with van der Waals surface area (Å²) in [4.78, 5) is 20.9. The maximum Gasteiger partial charge on any atom is 0.270 e. The van der Waals surface area contributed by atoms with Gasteiger partial charge in [0.2, 0.25) is 0 Å². The van der Waals surface area contributed by atoms with Crippen LogP contribution in [0.25, 0.3) is 10.9 Å². The first-order chi connectivity index (χ1) is 15.2. The van der Waals surface area contributed by atoms with E-state index in [2.05, 4.69) is 35.0 Å². The lowest BCUT2D eigenvalue weighted by Crippen LogP contribution is -2.43. The van der Waals surface area contributed by atoms with Gasteiger partial charge in [0.25, 0.3) is 5.91 Å². The van der Waals surface area contributed by atoms with Gasteiger partial charge in [0, 0.05) is 37.1 Å². The van der Waals surface area contributed by atoms with Gasteiger partial charge in [0.05, 0.1) is 11.6 Å². The first-order valence-electron chi connectivity index (χ1n) is 11.2. The summed E-state index contributed by atoms with van der Waals surface area (Å²) in [6, 6.07) is 20.1. The van der Waals surface area contributed by atoms with Crippen molar-refractivity contribution in [2.75, 3.05) is 32.7 Å². The Kier molecular flexibility index (Phi) is 6.69. The second-order valence-corrected chi connectivity index (χ2v) is 8.48. The van der Waals surface area contributed by atoms with Crippen molar-refractivity contribution in [2.24, 2.45) is 5.92 Å². The van der Waals surface area contributed by atoms with Crippen molar-refractivity contribution < 1.29 is 4.79 Å². The highest BCUT2D eigenvalue weighted by atomic mass is 16.2. The predicted octanol–water partition coefficient (Wildman–Crippen LogP) is 4.46. The molecule has 0 spiro atoms. The summed E-state index contributed by atoms with van der Waals surface area (Å²) >= 11 is 0. The van der Waals surface area contributed by atoms with Crippen LogP contribution < -0.4 is 0 Å². The van der Waals surface area contributed by atoms with Crippen LogP contribution in [0.3, 0.4) is 0 Å². The Bertz CT molecular complexity index is 1030. The van der Waals surface area contributed by atoms with Crippen molar-refractivity contribution in [2.45, 2.75) is 26.2 Å². The number of hydrogen-bond acceptors (Lipinski definition) is 3. The average Bonchev–Trinajstić information content (AvgIpc) is 3.26. The molecule has 3 aromatic rings. The molecular formula is C26H30N4O. The fraction of sp³-hybridized carbons (Fsp3) is 0.385. The highest BCUT2D eigenvalue weighted by molar-refractivity contribution is 5.98. The van der Waals surface area contributed by atoms with E-state index in [1.54, 1.807) is 0 Å². The number of H-pyrrole nitrogens is 1. The molecule has 1 aromatic heterocycles. The van der Waals surface area contributed by atoms with Gasteiger partial charge in [-0.25, -0.2) is 0 Å². The van der Waals surface area contributed by atoms with Crippen LogP contribution in [0.2, 0.25) is 0 Å². The quantitative estimate of drug-likeness (QED) is 0.621. The van der Waals surface area contributed by atoms with Gasteiger partial charge in [-0.2, -0.15) is 5.26 Å². The Labute approximate surface area is 184 Å². The Morgan fingerprint density at radius 3 is 2.77 bits per heavy atom. The van der Waals surface area contributed by atoms with Crippen LogP contribution in [-0.2, 0) is 6.42 Å². The van der Waals surface area contributed by atoms with E-state index in [-0.39, 0.29) is 5.91 Å². The minimum absolute atomic E-state index is 0.0911. The van der Waals surface area contributed by atoms with Crippen LogP contribution in [0.1, 0.15) is 41.4 Å². The lowest BCUT2D eigenvalue weighted by molar-refractivity contribution is 0.0686. The van der Waals surface area contributed by atoms with Crippen LogP contribution in [0.15, 0.2) is 54.6 Å². The number of benzene rings is 2. The molecule has 4 rings (SSSR count). The van der Waals surface area contributed by atoms with E-state index in [1.165, 1.54) is 18.4 Å². The number of aromatic amines is 1. The second kappa shape index (κ2) is 9.80. The molecule has 0 saturated carbocycles. The normalized spacial score (nSPS) is 16.8. The standard InChI is InChI=1S/C26H30N4O/c1-2-30(26(31)25-16-23-7-3-4-8-24(23)28-25)19-22-6-5-14-29(18-22)15-13-20-9-11-21(17-27)12-10-20/h3-4,7-12,16,22,28H,2,5-6,13-15,18-19H2,1H3. The summed E-state index contributed by atoms with van der Waals surface area (Å²) < 4.78 is 0. The maximum absolute atomic E-state index is 13.1. The Morgan fingerprint density at radius 2 is 2.03 bits per heavy atom. The first-order valence-corrected chi connectivity index (χ1v) is 11.2. The molecule has 1 amide bonds. The van der Waals surface area contributed by atoms with Crippen molar-refractivity contribution >= 4 is 16.8 Å². The Balaban J connectivity index is 1.33. The van der Waals surface area contributed by atoms with E-state index in [0.717, 1.165) is 50.0 Å². The van der Waals surface area contributed by atoms with Gasteiger partial charge in [-0.15, -0.1) is 0 Å². The number of nitrogens with one attached hydrogen (secondary N) is 1. The number of nitrogens with zero attached hydrogens (tertiary/aromatic N) is 3. The number of carbonyl (C=O) groups is 1. The number of aromatic nitrogens is 1. The lowest BCUT2D eigenvalue weighted by Gasteiger charge is -2.35. The summed E-state index contributed by atoms with van der Waals surface area (Å²) in [6.07, 6.45) is 3.34. The zero-order valence-corrected chi connectivity index (χ0v) is 18.2. The molecule has 1 aliphatic rings. The molecule has 5 heteroatoms. The van der Waals surface area contributed by atoms with Gasteiger partial charge in [0.1, 0.15) is 5.69 Å². The third-order valence-corrected chi connectivity index (χ3v) is 6.31. The molecule has 1 N–H and O–H groups in total. The molecule has 1 aliphatic heterocycles. The number of carbonyl (C=O) groups excluding carboxylic acids is 1. The zero-order valence-electron chi connectivity index (χ0n) is 18.2. The lowest BCUT2D eigenvalue weighted by atomic mass is 9.96. The molecule has 1 fully saturated rings. The Morgan fingerprint density at radius 1 is 1.23 bits per heavy atom. The molecule has 0 radical (unpaired) electrons. The number of rotatable bonds is 7. The van der Waals surface area contributed by atoms with Gasteiger partial charge < -0.3 is 14.8 Å². The molecule has 1 atom stereocenters. The SMILES string of the molecule is CCN(CC1CCCN(CCc2ccc(C#N)cc2)C1)C(=O)c1cc2ccccc2[nH]1. The van der Waals surface area contributed by atoms with Crippen LogP contribution in [0, 0.1) is 17.2 Å². The smallest absolute Gasteiger partial charge is 0.270 e. The number of piperidine rings is 1. The predicted molar refractivity (Wildman–Crippen MR) is 124 cm³/mol. The summed E-state index contributed by atoms with van der Waals surface area (Å²) in [7, 11) is 0. The minimum Gasteiger partial charge on any atom is -0.351 e. The van der Waals surface area contributed by atoms with E-state index in [1.807, 2.05) is 47.4 Å². The molecule has 31 heavy (non-hydrogen) atoms. The molecule has 5 nitrogen and oxygen atoms in total. The van der Waals surface area contributed by atoms with Crippen LogP contribution in [-0.4, -0.2) is 53.4 Å². The first kappa shape index (κ1) is 21.1.